The molecule has 1 spiro atoms. The first-order chi connectivity index (χ1) is 7.27. The van der Waals surface area contributed by atoms with Crippen LogP contribution in [0.15, 0.2) is 0 Å². The van der Waals surface area contributed by atoms with Crippen LogP contribution < -0.4 is 5.32 Å². The molecule has 0 aromatic carbocycles. The van der Waals surface area contributed by atoms with Gasteiger partial charge in [0, 0.05) is 12.6 Å². The molecule has 1 saturated carbocycles. The minimum Gasteiger partial charge on any atom is -0.372 e. The Balaban J connectivity index is 2.01. The highest BCUT2D eigenvalue weighted by Gasteiger charge is 2.43. The molecule has 2 fully saturated rings. The molecule has 1 unspecified atom stereocenters. The zero-order valence-corrected chi connectivity index (χ0v) is 10.2. The van der Waals surface area contributed by atoms with Crippen molar-refractivity contribution in [2.45, 2.75) is 64.0 Å². The first kappa shape index (κ1) is 11.4. The fraction of sp³-hybridized carbons (Fsp3) is 1.00. The molecule has 2 nitrogen and oxygen atoms in total. The molecule has 1 N–H and O–H groups in total. The van der Waals surface area contributed by atoms with E-state index in [0.717, 1.165) is 19.1 Å². The van der Waals surface area contributed by atoms with Crippen molar-refractivity contribution < 1.29 is 4.74 Å². The quantitative estimate of drug-likeness (QED) is 0.758. The first-order valence-electron chi connectivity index (χ1n) is 6.64. The molecule has 1 atom stereocenters. The van der Waals surface area contributed by atoms with Gasteiger partial charge in [-0.3, -0.25) is 0 Å². The fourth-order valence-electron chi connectivity index (χ4n) is 3.17. The molecule has 2 aliphatic rings. The van der Waals surface area contributed by atoms with Crippen molar-refractivity contribution in [2.24, 2.45) is 5.92 Å². The van der Waals surface area contributed by atoms with E-state index in [9.17, 15) is 0 Å². The van der Waals surface area contributed by atoms with Gasteiger partial charge in [-0.2, -0.15) is 0 Å². The highest BCUT2D eigenvalue weighted by Crippen LogP contribution is 2.39. The molecule has 0 amide bonds. The van der Waals surface area contributed by atoms with Crippen molar-refractivity contribution in [2.75, 3.05) is 13.2 Å². The molecule has 0 radical (unpaired) electrons. The summed E-state index contributed by atoms with van der Waals surface area (Å²) in [5.74, 6) is 0.906. The summed E-state index contributed by atoms with van der Waals surface area (Å²) in [6.45, 7) is 6.60. The monoisotopic (exact) mass is 211 g/mol. The molecule has 1 aliphatic carbocycles. The highest BCUT2D eigenvalue weighted by atomic mass is 16.5. The van der Waals surface area contributed by atoms with E-state index in [-0.39, 0.29) is 5.60 Å². The summed E-state index contributed by atoms with van der Waals surface area (Å²) in [6.07, 6.45) is 7.77. The molecule has 1 saturated heterocycles. The van der Waals surface area contributed by atoms with Crippen LogP contribution in [0, 0.1) is 5.92 Å². The number of morpholine rings is 1. The van der Waals surface area contributed by atoms with E-state index < -0.39 is 0 Å². The molecular weight excluding hydrogens is 186 g/mol. The second kappa shape index (κ2) is 4.84. The summed E-state index contributed by atoms with van der Waals surface area (Å²) in [5.41, 5.74) is 0.195. The van der Waals surface area contributed by atoms with Crippen molar-refractivity contribution in [3.63, 3.8) is 0 Å². The van der Waals surface area contributed by atoms with Crippen LogP contribution in [0.1, 0.15) is 52.4 Å². The van der Waals surface area contributed by atoms with Gasteiger partial charge in [0.25, 0.3) is 0 Å². The zero-order chi connectivity index (χ0) is 10.7. The molecule has 1 heterocycles. The van der Waals surface area contributed by atoms with Crippen LogP contribution in [-0.2, 0) is 4.74 Å². The maximum Gasteiger partial charge on any atom is 0.0835 e. The standard InChI is InChI=1S/C13H25NO/c1-3-4-12-13(15-10-9-14-12)7-5-11(2)6-8-13/h11-12,14H,3-10H2,1-2H3. The Kier molecular flexibility index (Phi) is 3.68. The van der Waals surface area contributed by atoms with Crippen molar-refractivity contribution >= 4 is 0 Å². The Morgan fingerprint density at radius 1 is 1.33 bits per heavy atom. The number of ether oxygens (including phenoxy) is 1. The highest BCUT2D eigenvalue weighted by molar-refractivity contribution is 4.98. The lowest BCUT2D eigenvalue weighted by atomic mass is 9.73. The van der Waals surface area contributed by atoms with Gasteiger partial charge in [0.05, 0.1) is 12.2 Å². The molecule has 2 heteroatoms. The molecule has 1 aliphatic heterocycles. The Hall–Kier alpha value is -0.0800. The van der Waals surface area contributed by atoms with Crippen molar-refractivity contribution in [1.29, 1.82) is 0 Å². The Bertz CT molecular complexity index is 195. The summed E-state index contributed by atoms with van der Waals surface area (Å²) in [5, 5.41) is 3.67. The third-order valence-electron chi connectivity index (χ3n) is 4.22. The van der Waals surface area contributed by atoms with Gasteiger partial charge in [0.1, 0.15) is 0 Å². The molecule has 88 valence electrons. The molecule has 0 aromatic heterocycles. The van der Waals surface area contributed by atoms with Crippen LogP contribution in [0.2, 0.25) is 0 Å². The van der Waals surface area contributed by atoms with Gasteiger partial charge in [0.15, 0.2) is 0 Å². The van der Waals surface area contributed by atoms with Gasteiger partial charge in [-0.25, -0.2) is 0 Å². The van der Waals surface area contributed by atoms with E-state index >= 15 is 0 Å². The predicted molar refractivity (Wildman–Crippen MR) is 63.0 cm³/mol. The summed E-state index contributed by atoms with van der Waals surface area (Å²) in [7, 11) is 0. The average Bonchev–Trinajstić information content (AvgIpc) is 2.26. The number of nitrogens with one attached hydrogen (secondary N) is 1. The first-order valence-corrected chi connectivity index (χ1v) is 6.64. The van der Waals surface area contributed by atoms with Gasteiger partial charge >= 0.3 is 0 Å². The molecular formula is C13H25NO. The second-order valence-electron chi connectivity index (χ2n) is 5.39. The lowest BCUT2D eigenvalue weighted by Gasteiger charge is -2.48. The van der Waals surface area contributed by atoms with E-state index in [0.29, 0.717) is 6.04 Å². The van der Waals surface area contributed by atoms with Crippen LogP contribution in [0.5, 0.6) is 0 Å². The van der Waals surface area contributed by atoms with Crippen LogP contribution in [0.3, 0.4) is 0 Å². The Morgan fingerprint density at radius 3 is 2.73 bits per heavy atom. The molecule has 15 heavy (non-hydrogen) atoms. The van der Waals surface area contributed by atoms with Gasteiger partial charge in [-0.05, 0) is 38.0 Å². The molecule has 0 bridgehead atoms. The smallest absolute Gasteiger partial charge is 0.0835 e. The second-order valence-corrected chi connectivity index (χ2v) is 5.39. The normalized spacial score (nSPS) is 42.0. The van der Waals surface area contributed by atoms with E-state index in [1.807, 2.05) is 0 Å². The molecule has 2 rings (SSSR count). The number of rotatable bonds is 2. The SMILES string of the molecule is CCCC1NCCOC12CCC(C)CC2. The Morgan fingerprint density at radius 2 is 2.07 bits per heavy atom. The van der Waals surface area contributed by atoms with E-state index in [4.69, 9.17) is 4.74 Å². The van der Waals surface area contributed by atoms with Gasteiger partial charge in [-0.1, -0.05) is 20.3 Å². The van der Waals surface area contributed by atoms with Crippen molar-refractivity contribution in [3.8, 4) is 0 Å². The minimum atomic E-state index is 0.195. The number of hydrogen-bond acceptors (Lipinski definition) is 2. The summed E-state index contributed by atoms with van der Waals surface area (Å²) in [4.78, 5) is 0. The maximum atomic E-state index is 6.16. The van der Waals surface area contributed by atoms with Gasteiger partial charge < -0.3 is 10.1 Å². The van der Waals surface area contributed by atoms with E-state index in [1.54, 1.807) is 0 Å². The Labute approximate surface area is 93.8 Å². The van der Waals surface area contributed by atoms with Crippen LogP contribution in [0.4, 0.5) is 0 Å². The van der Waals surface area contributed by atoms with Crippen LogP contribution in [-0.4, -0.2) is 24.8 Å². The van der Waals surface area contributed by atoms with Gasteiger partial charge in [-0.15, -0.1) is 0 Å². The fourth-order valence-corrected chi connectivity index (χ4v) is 3.17. The summed E-state index contributed by atoms with van der Waals surface area (Å²) >= 11 is 0. The van der Waals surface area contributed by atoms with Crippen LogP contribution in [0.25, 0.3) is 0 Å². The van der Waals surface area contributed by atoms with E-state index in [2.05, 4.69) is 19.2 Å². The largest absolute Gasteiger partial charge is 0.372 e. The molecule has 0 aromatic rings. The van der Waals surface area contributed by atoms with Crippen LogP contribution >= 0.6 is 0 Å². The zero-order valence-electron chi connectivity index (χ0n) is 10.2. The number of hydrogen-bond donors (Lipinski definition) is 1. The minimum absolute atomic E-state index is 0.195. The maximum absolute atomic E-state index is 6.16. The average molecular weight is 211 g/mol. The van der Waals surface area contributed by atoms with Gasteiger partial charge in [0.2, 0.25) is 0 Å². The predicted octanol–water partition coefficient (Wildman–Crippen LogP) is 2.72. The lowest BCUT2D eigenvalue weighted by molar-refractivity contribution is -0.124. The third-order valence-corrected chi connectivity index (χ3v) is 4.22. The van der Waals surface area contributed by atoms with Crippen molar-refractivity contribution in [1.82, 2.24) is 5.32 Å². The van der Waals surface area contributed by atoms with Crippen molar-refractivity contribution in [3.05, 3.63) is 0 Å². The third kappa shape index (κ3) is 2.36. The topological polar surface area (TPSA) is 21.3 Å². The summed E-state index contributed by atoms with van der Waals surface area (Å²) in [6, 6.07) is 0.615. The van der Waals surface area contributed by atoms with E-state index in [1.165, 1.54) is 38.5 Å². The summed E-state index contributed by atoms with van der Waals surface area (Å²) < 4.78 is 6.16. The lowest BCUT2D eigenvalue weighted by Crippen LogP contribution is -2.59.